The Hall–Kier alpha value is -2.59. The molecular formula is C18H13F3N2O3S2. The van der Waals surface area contributed by atoms with Gasteiger partial charge in [0.05, 0.1) is 33.5 Å². The molecule has 0 atom stereocenters. The molecule has 0 unspecified atom stereocenters. The highest BCUT2D eigenvalue weighted by atomic mass is 32.2. The number of rotatable bonds is 3. The third-order valence-electron chi connectivity index (χ3n) is 4.30. The van der Waals surface area contributed by atoms with E-state index in [0.29, 0.717) is 16.2 Å². The van der Waals surface area contributed by atoms with Crippen molar-refractivity contribution < 1.29 is 26.3 Å². The molecule has 0 amide bonds. The van der Waals surface area contributed by atoms with Gasteiger partial charge in [0.15, 0.2) is 14.8 Å². The molecule has 0 aliphatic carbocycles. The molecular weight excluding hydrogens is 413 g/mol. The molecule has 0 spiro atoms. The number of nitrogens with zero attached hydrogens (tertiary/aromatic N) is 2. The van der Waals surface area contributed by atoms with E-state index < -0.39 is 21.6 Å². The van der Waals surface area contributed by atoms with Crippen LogP contribution in [0.5, 0.6) is 5.75 Å². The van der Waals surface area contributed by atoms with Gasteiger partial charge in [-0.25, -0.2) is 13.4 Å². The van der Waals surface area contributed by atoms with Crippen molar-refractivity contribution in [2.45, 2.75) is 11.1 Å². The molecule has 0 bridgehead atoms. The number of hydrogen-bond donors (Lipinski definition) is 0. The Labute approximate surface area is 161 Å². The van der Waals surface area contributed by atoms with E-state index in [0.717, 1.165) is 22.5 Å². The van der Waals surface area contributed by atoms with E-state index in [1.54, 1.807) is 22.7 Å². The average Bonchev–Trinajstić information content (AvgIpc) is 3.16. The number of methoxy groups -OCH3 is 1. The number of sulfone groups is 1. The molecule has 0 N–H and O–H groups in total. The summed E-state index contributed by atoms with van der Waals surface area (Å²) < 4.78 is 70.0. The zero-order valence-electron chi connectivity index (χ0n) is 14.6. The second-order valence-electron chi connectivity index (χ2n) is 6.20. The van der Waals surface area contributed by atoms with Crippen molar-refractivity contribution >= 4 is 36.4 Å². The Kier molecular flexibility index (Phi) is 4.16. The third kappa shape index (κ3) is 3.12. The van der Waals surface area contributed by atoms with Crippen LogP contribution in [0.15, 0.2) is 47.5 Å². The monoisotopic (exact) mass is 426 g/mol. The Bertz CT molecular complexity index is 1320. The first-order chi connectivity index (χ1) is 13.1. The van der Waals surface area contributed by atoms with Crippen molar-refractivity contribution in [3.05, 3.63) is 48.2 Å². The summed E-state index contributed by atoms with van der Waals surface area (Å²) in [7, 11) is -2.13. The van der Waals surface area contributed by atoms with Gasteiger partial charge in [0.2, 0.25) is 0 Å². The molecule has 0 radical (unpaired) electrons. The molecule has 0 saturated carbocycles. The summed E-state index contributed by atoms with van der Waals surface area (Å²) in [6, 6.07) is 8.42. The summed E-state index contributed by atoms with van der Waals surface area (Å²) in [5, 5.41) is 0. The minimum atomic E-state index is -4.51. The molecule has 28 heavy (non-hydrogen) atoms. The number of thiazole rings is 1. The van der Waals surface area contributed by atoms with Gasteiger partial charge in [-0.15, -0.1) is 0 Å². The first-order valence-electron chi connectivity index (χ1n) is 7.95. The number of fused-ring (bicyclic) bond motifs is 3. The minimum Gasteiger partial charge on any atom is -0.496 e. The molecule has 146 valence electrons. The maximum absolute atomic E-state index is 13.0. The Morgan fingerprint density at radius 1 is 1.14 bits per heavy atom. The molecule has 10 heteroatoms. The normalized spacial score (nSPS) is 12.8. The highest BCUT2D eigenvalue weighted by Gasteiger charge is 2.34. The van der Waals surface area contributed by atoms with Gasteiger partial charge in [-0.2, -0.15) is 13.2 Å². The van der Waals surface area contributed by atoms with Crippen molar-refractivity contribution in [2.24, 2.45) is 0 Å². The molecule has 2 heterocycles. The molecule has 0 aliphatic rings. The fourth-order valence-electron chi connectivity index (χ4n) is 2.94. The van der Waals surface area contributed by atoms with Gasteiger partial charge in [0, 0.05) is 18.0 Å². The number of halogens is 3. The third-order valence-corrected chi connectivity index (χ3v) is 6.42. The first kappa shape index (κ1) is 18.8. The van der Waals surface area contributed by atoms with Crippen LogP contribution in [0.1, 0.15) is 5.56 Å². The van der Waals surface area contributed by atoms with E-state index >= 15 is 0 Å². The van der Waals surface area contributed by atoms with Crippen molar-refractivity contribution in [1.82, 2.24) is 9.38 Å². The predicted octanol–water partition coefficient (Wildman–Crippen LogP) is 4.65. The summed E-state index contributed by atoms with van der Waals surface area (Å²) >= 11 is 1.30. The molecule has 0 saturated heterocycles. The quantitative estimate of drug-likeness (QED) is 0.479. The van der Waals surface area contributed by atoms with Gasteiger partial charge in [0.1, 0.15) is 5.75 Å². The summed E-state index contributed by atoms with van der Waals surface area (Å²) in [4.78, 5) is 5.30. The zero-order chi connectivity index (χ0) is 20.3. The maximum atomic E-state index is 13.0. The molecule has 2 aromatic heterocycles. The summed E-state index contributed by atoms with van der Waals surface area (Å²) in [5.74, 6) is -0.274. The molecule has 0 aliphatic heterocycles. The van der Waals surface area contributed by atoms with Gasteiger partial charge >= 0.3 is 6.18 Å². The van der Waals surface area contributed by atoms with Crippen molar-refractivity contribution in [3.63, 3.8) is 0 Å². The van der Waals surface area contributed by atoms with Gasteiger partial charge in [-0.3, -0.25) is 4.40 Å². The second-order valence-corrected chi connectivity index (χ2v) is 9.22. The van der Waals surface area contributed by atoms with Crippen LogP contribution in [0, 0.1) is 0 Å². The highest BCUT2D eigenvalue weighted by Crippen LogP contribution is 2.39. The minimum absolute atomic E-state index is 0.220. The molecule has 2 aromatic carbocycles. The van der Waals surface area contributed by atoms with Crippen LogP contribution >= 0.6 is 11.3 Å². The van der Waals surface area contributed by atoms with E-state index in [1.165, 1.54) is 36.6 Å². The smallest absolute Gasteiger partial charge is 0.419 e. The lowest BCUT2D eigenvalue weighted by Gasteiger charge is -2.12. The molecule has 4 rings (SSSR count). The van der Waals surface area contributed by atoms with E-state index in [1.807, 2.05) is 0 Å². The Balaban J connectivity index is 1.82. The van der Waals surface area contributed by atoms with Crippen LogP contribution in [-0.2, 0) is 16.0 Å². The van der Waals surface area contributed by atoms with E-state index in [9.17, 15) is 21.6 Å². The zero-order valence-corrected chi connectivity index (χ0v) is 16.2. The Morgan fingerprint density at radius 3 is 2.54 bits per heavy atom. The topological polar surface area (TPSA) is 60.7 Å². The SMILES string of the molecule is COc1cc(-c2cn3c(n2)sc2cc(S(C)(=O)=O)ccc23)ccc1C(F)(F)F. The van der Waals surface area contributed by atoms with Crippen molar-refractivity contribution in [3.8, 4) is 17.0 Å². The van der Waals surface area contributed by atoms with Crippen LogP contribution in [-0.4, -0.2) is 31.2 Å². The fourth-order valence-corrected chi connectivity index (χ4v) is 4.70. The van der Waals surface area contributed by atoms with Crippen LogP contribution in [0.2, 0.25) is 0 Å². The fraction of sp³-hybridized carbons (Fsp3) is 0.167. The van der Waals surface area contributed by atoms with Crippen molar-refractivity contribution in [2.75, 3.05) is 13.4 Å². The number of hydrogen-bond acceptors (Lipinski definition) is 5. The number of imidazole rings is 1. The van der Waals surface area contributed by atoms with Crippen molar-refractivity contribution in [1.29, 1.82) is 0 Å². The summed E-state index contributed by atoms with van der Waals surface area (Å²) in [6.45, 7) is 0. The van der Waals surface area contributed by atoms with E-state index in [4.69, 9.17) is 4.74 Å². The van der Waals surface area contributed by atoms with Gasteiger partial charge in [-0.1, -0.05) is 17.4 Å². The average molecular weight is 426 g/mol. The standard InChI is InChI=1S/C18H13F3N2O3S2/c1-26-15-7-10(3-5-12(15)18(19,20)21)13-9-23-14-6-4-11(28(2,24)25)8-16(14)27-17(23)22-13/h3-9H,1-2H3. The second kappa shape index (κ2) is 6.21. The summed E-state index contributed by atoms with van der Waals surface area (Å²) in [6.07, 6.45) is -1.66. The largest absolute Gasteiger partial charge is 0.496 e. The molecule has 0 fully saturated rings. The highest BCUT2D eigenvalue weighted by molar-refractivity contribution is 7.90. The van der Waals surface area contributed by atoms with Crippen LogP contribution in [0.3, 0.4) is 0 Å². The Morgan fingerprint density at radius 2 is 1.89 bits per heavy atom. The number of ether oxygens (including phenoxy) is 1. The molecule has 5 nitrogen and oxygen atoms in total. The maximum Gasteiger partial charge on any atom is 0.419 e. The van der Waals surface area contributed by atoms with Crippen LogP contribution < -0.4 is 4.74 Å². The number of benzene rings is 2. The number of aromatic nitrogens is 2. The van der Waals surface area contributed by atoms with E-state index in [-0.39, 0.29) is 10.6 Å². The predicted molar refractivity (Wildman–Crippen MR) is 101 cm³/mol. The van der Waals surface area contributed by atoms with Gasteiger partial charge in [-0.05, 0) is 30.3 Å². The van der Waals surface area contributed by atoms with Crippen LogP contribution in [0.4, 0.5) is 13.2 Å². The number of alkyl halides is 3. The first-order valence-corrected chi connectivity index (χ1v) is 10.7. The van der Waals surface area contributed by atoms with Gasteiger partial charge < -0.3 is 4.74 Å². The van der Waals surface area contributed by atoms with E-state index in [2.05, 4.69) is 4.98 Å². The van der Waals surface area contributed by atoms with Crippen LogP contribution in [0.25, 0.3) is 26.4 Å². The lowest BCUT2D eigenvalue weighted by molar-refractivity contribution is -0.138. The molecule has 4 aromatic rings. The lowest BCUT2D eigenvalue weighted by atomic mass is 10.1. The lowest BCUT2D eigenvalue weighted by Crippen LogP contribution is -2.07. The van der Waals surface area contributed by atoms with Gasteiger partial charge in [0.25, 0.3) is 0 Å². The summed E-state index contributed by atoms with van der Waals surface area (Å²) in [5.41, 5.74) is 0.901.